The fourth-order valence-electron chi connectivity index (χ4n) is 1.63. The van der Waals surface area contributed by atoms with Crippen molar-refractivity contribution in [2.45, 2.75) is 33.4 Å². The molecule has 8 heteroatoms. The lowest BCUT2D eigenvalue weighted by atomic mass is 10.4. The molecular weight excluding hydrogens is 417 g/mol. The molecule has 0 radical (unpaired) electrons. The highest BCUT2D eigenvalue weighted by molar-refractivity contribution is 14.0. The molecule has 0 spiro atoms. The highest BCUT2D eigenvalue weighted by atomic mass is 127. The SMILES string of the molecule is CCc1nc(CNC(=NC)NCc2ncc(C)s2)cs1.I. The van der Waals surface area contributed by atoms with E-state index >= 15 is 0 Å². The van der Waals surface area contributed by atoms with Crippen LogP contribution >= 0.6 is 46.7 Å². The first kappa shape index (κ1) is 18.3. The van der Waals surface area contributed by atoms with Crippen molar-refractivity contribution in [2.24, 2.45) is 4.99 Å². The van der Waals surface area contributed by atoms with E-state index in [0.29, 0.717) is 13.1 Å². The largest absolute Gasteiger partial charge is 0.351 e. The molecule has 2 aromatic heterocycles. The van der Waals surface area contributed by atoms with Crippen LogP contribution in [0.2, 0.25) is 0 Å². The van der Waals surface area contributed by atoms with Crippen molar-refractivity contribution in [1.29, 1.82) is 0 Å². The summed E-state index contributed by atoms with van der Waals surface area (Å²) in [7, 11) is 1.76. The maximum absolute atomic E-state index is 4.52. The van der Waals surface area contributed by atoms with E-state index in [-0.39, 0.29) is 24.0 Å². The van der Waals surface area contributed by atoms with Gasteiger partial charge in [-0.1, -0.05) is 6.92 Å². The van der Waals surface area contributed by atoms with Crippen molar-refractivity contribution in [3.05, 3.63) is 32.2 Å². The molecule has 0 aliphatic heterocycles. The van der Waals surface area contributed by atoms with Crippen molar-refractivity contribution in [2.75, 3.05) is 7.05 Å². The standard InChI is InChI=1S/C13H19N5S2.HI/c1-4-11-18-10(8-19-11)6-16-13(14-3)17-7-12-15-5-9(2)20-12;/h5,8H,4,6-7H2,1-3H3,(H2,14,16,17);1H. The van der Waals surface area contributed by atoms with Crippen molar-refractivity contribution in [3.8, 4) is 0 Å². The summed E-state index contributed by atoms with van der Waals surface area (Å²) in [5.41, 5.74) is 1.06. The summed E-state index contributed by atoms with van der Waals surface area (Å²) in [4.78, 5) is 14.3. The van der Waals surface area contributed by atoms with Crippen molar-refractivity contribution < 1.29 is 0 Å². The van der Waals surface area contributed by atoms with Crippen LogP contribution in [-0.2, 0) is 19.5 Å². The third-order valence-electron chi connectivity index (χ3n) is 2.64. The Morgan fingerprint density at radius 1 is 1.29 bits per heavy atom. The van der Waals surface area contributed by atoms with Gasteiger partial charge in [-0.2, -0.15) is 0 Å². The smallest absolute Gasteiger partial charge is 0.191 e. The number of aryl methyl sites for hydroxylation is 2. The first-order valence-corrected chi connectivity index (χ1v) is 8.20. The average molecular weight is 437 g/mol. The molecule has 2 heterocycles. The van der Waals surface area contributed by atoms with E-state index in [1.54, 1.807) is 29.7 Å². The molecule has 21 heavy (non-hydrogen) atoms. The number of aromatic nitrogens is 2. The summed E-state index contributed by atoms with van der Waals surface area (Å²) >= 11 is 3.40. The third-order valence-corrected chi connectivity index (χ3v) is 4.59. The molecule has 0 saturated heterocycles. The Kier molecular flexibility index (Phi) is 8.12. The quantitative estimate of drug-likeness (QED) is 0.429. The maximum atomic E-state index is 4.52. The number of nitrogens with zero attached hydrogens (tertiary/aromatic N) is 3. The molecule has 0 aliphatic rings. The van der Waals surface area contributed by atoms with Gasteiger partial charge in [0.1, 0.15) is 5.01 Å². The van der Waals surface area contributed by atoms with Crippen LogP contribution < -0.4 is 10.6 Å². The van der Waals surface area contributed by atoms with Crippen LogP contribution in [0.1, 0.15) is 27.5 Å². The molecule has 116 valence electrons. The fraction of sp³-hybridized carbons (Fsp3) is 0.462. The van der Waals surface area contributed by atoms with E-state index in [0.717, 1.165) is 23.1 Å². The van der Waals surface area contributed by atoms with Gasteiger partial charge in [-0.05, 0) is 13.3 Å². The maximum Gasteiger partial charge on any atom is 0.191 e. The van der Waals surface area contributed by atoms with E-state index in [9.17, 15) is 0 Å². The second-order valence-electron chi connectivity index (χ2n) is 4.23. The molecule has 0 aromatic carbocycles. The molecule has 0 aliphatic carbocycles. The Bertz CT molecular complexity index is 579. The minimum absolute atomic E-state index is 0. The third kappa shape index (κ3) is 5.87. The number of thiazole rings is 2. The van der Waals surface area contributed by atoms with E-state index in [1.165, 1.54) is 9.88 Å². The van der Waals surface area contributed by atoms with Gasteiger partial charge in [-0.15, -0.1) is 46.7 Å². The Labute approximate surface area is 150 Å². The monoisotopic (exact) mass is 437 g/mol. The van der Waals surface area contributed by atoms with Gasteiger partial charge in [0.05, 0.1) is 23.8 Å². The molecule has 0 unspecified atom stereocenters. The Morgan fingerprint density at radius 2 is 2.05 bits per heavy atom. The first-order valence-electron chi connectivity index (χ1n) is 6.50. The van der Waals surface area contributed by atoms with Crippen LogP contribution in [0.3, 0.4) is 0 Å². The Hall–Kier alpha value is -0.740. The molecule has 2 rings (SSSR count). The van der Waals surface area contributed by atoms with Crippen LogP contribution in [0, 0.1) is 6.92 Å². The predicted molar refractivity (Wildman–Crippen MR) is 101 cm³/mol. The normalized spacial score (nSPS) is 11.1. The molecule has 0 amide bonds. The van der Waals surface area contributed by atoms with E-state index in [1.807, 2.05) is 6.20 Å². The fourth-order valence-corrected chi connectivity index (χ4v) is 3.10. The van der Waals surface area contributed by atoms with Gasteiger partial charge >= 0.3 is 0 Å². The summed E-state index contributed by atoms with van der Waals surface area (Å²) in [6.45, 7) is 5.55. The minimum atomic E-state index is 0. The Morgan fingerprint density at radius 3 is 2.62 bits per heavy atom. The molecule has 0 fully saturated rings. The number of nitrogens with one attached hydrogen (secondary N) is 2. The highest BCUT2D eigenvalue weighted by Gasteiger charge is 2.04. The van der Waals surface area contributed by atoms with Crippen molar-refractivity contribution in [1.82, 2.24) is 20.6 Å². The predicted octanol–water partition coefficient (Wildman–Crippen LogP) is 2.95. The lowest BCUT2D eigenvalue weighted by Crippen LogP contribution is -2.36. The zero-order chi connectivity index (χ0) is 14.4. The number of guanidine groups is 1. The van der Waals surface area contributed by atoms with Gasteiger partial charge in [-0.3, -0.25) is 4.99 Å². The highest BCUT2D eigenvalue weighted by Crippen LogP contribution is 2.11. The summed E-state index contributed by atoms with van der Waals surface area (Å²) in [6.07, 6.45) is 2.88. The average Bonchev–Trinajstić information content (AvgIpc) is 3.08. The Balaban J connectivity index is 0.00000220. The van der Waals surface area contributed by atoms with Gasteiger partial charge in [0.25, 0.3) is 0 Å². The van der Waals surface area contributed by atoms with Crippen LogP contribution in [0.15, 0.2) is 16.6 Å². The molecule has 0 saturated carbocycles. The first-order chi connectivity index (χ1) is 9.71. The topological polar surface area (TPSA) is 62.2 Å². The zero-order valence-corrected chi connectivity index (χ0v) is 16.3. The molecule has 5 nitrogen and oxygen atoms in total. The number of hydrogen-bond acceptors (Lipinski definition) is 5. The van der Waals surface area contributed by atoms with Crippen molar-refractivity contribution >= 4 is 52.6 Å². The summed E-state index contributed by atoms with van der Waals surface area (Å²) in [5.74, 6) is 0.768. The van der Waals surface area contributed by atoms with Crippen LogP contribution in [0.5, 0.6) is 0 Å². The summed E-state index contributed by atoms with van der Waals surface area (Å²) < 4.78 is 0. The molecule has 0 bridgehead atoms. The number of halogens is 1. The van der Waals surface area contributed by atoms with Gasteiger partial charge < -0.3 is 10.6 Å². The lowest BCUT2D eigenvalue weighted by Gasteiger charge is -2.09. The number of rotatable bonds is 5. The van der Waals surface area contributed by atoms with Crippen LogP contribution in [0.4, 0.5) is 0 Å². The summed E-state index contributed by atoms with van der Waals surface area (Å²) in [5, 5.41) is 10.8. The minimum Gasteiger partial charge on any atom is -0.351 e. The second-order valence-corrected chi connectivity index (χ2v) is 6.49. The molecule has 0 atom stereocenters. The van der Waals surface area contributed by atoms with Gasteiger partial charge in [0.15, 0.2) is 5.96 Å². The van der Waals surface area contributed by atoms with Gasteiger partial charge in [0, 0.05) is 23.5 Å². The lowest BCUT2D eigenvalue weighted by molar-refractivity contribution is 0.792. The van der Waals surface area contributed by atoms with Crippen molar-refractivity contribution in [3.63, 3.8) is 0 Å². The van der Waals surface area contributed by atoms with Crippen LogP contribution in [-0.4, -0.2) is 23.0 Å². The van der Waals surface area contributed by atoms with E-state index in [2.05, 4.69) is 44.8 Å². The molecule has 2 aromatic rings. The van der Waals surface area contributed by atoms with E-state index < -0.39 is 0 Å². The molecule has 2 N–H and O–H groups in total. The van der Waals surface area contributed by atoms with Gasteiger partial charge in [0.2, 0.25) is 0 Å². The zero-order valence-electron chi connectivity index (χ0n) is 12.3. The van der Waals surface area contributed by atoms with Crippen LogP contribution in [0.25, 0.3) is 0 Å². The number of aliphatic imine (C=N–C) groups is 1. The summed E-state index contributed by atoms with van der Waals surface area (Å²) in [6, 6.07) is 0. The van der Waals surface area contributed by atoms with E-state index in [4.69, 9.17) is 0 Å². The second kappa shape index (κ2) is 9.31. The van der Waals surface area contributed by atoms with Gasteiger partial charge in [-0.25, -0.2) is 9.97 Å². The molecular formula is C13H20IN5S2. The number of hydrogen-bond donors (Lipinski definition) is 2.